The van der Waals surface area contributed by atoms with Gasteiger partial charge in [-0.3, -0.25) is 0 Å². The number of hydrogen-bond donors (Lipinski definition) is 1. The zero-order chi connectivity index (χ0) is 13.2. The molecule has 18 heavy (non-hydrogen) atoms. The van der Waals surface area contributed by atoms with Gasteiger partial charge in [-0.2, -0.15) is 0 Å². The van der Waals surface area contributed by atoms with E-state index < -0.39 is 10.0 Å². The highest BCUT2D eigenvalue weighted by Crippen LogP contribution is 2.22. The summed E-state index contributed by atoms with van der Waals surface area (Å²) in [4.78, 5) is 0.989. The van der Waals surface area contributed by atoms with Crippen molar-refractivity contribution in [2.75, 3.05) is 0 Å². The molecule has 96 valence electrons. The summed E-state index contributed by atoms with van der Waals surface area (Å²) in [5.41, 5.74) is 0.953. The van der Waals surface area contributed by atoms with Crippen LogP contribution in [0.4, 0.5) is 0 Å². The lowest BCUT2D eigenvalue weighted by Gasteiger charge is -2.13. The van der Waals surface area contributed by atoms with Crippen molar-refractivity contribution in [2.45, 2.75) is 24.1 Å². The van der Waals surface area contributed by atoms with Crippen molar-refractivity contribution >= 4 is 21.4 Å². The lowest BCUT2D eigenvalue weighted by Crippen LogP contribution is -2.26. The quantitative estimate of drug-likeness (QED) is 0.936. The molecule has 0 aliphatic rings. The van der Waals surface area contributed by atoms with Crippen LogP contribution in [-0.4, -0.2) is 8.42 Å². The van der Waals surface area contributed by atoms with Gasteiger partial charge in [0.25, 0.3) is 10.0 Å². The predicted molar refractivity (Wildman–Crippen MR) is 74.2 cm³/mol. The van der Waals surface area contributed by atoms with Gasteiger partial charge in [0, 0.05) is 10.9 Å². The van der Waals surface area contributed by atoms with Crippen molar-refractivity contribution in [3.63, 3.8) is 0 Å². The number of aryl methyl sites for hydroxylation is 1. The topological polar surface area (TPSA) is 46.2 Å². The maximum atomic E-state index is 12.1. The molecule has 1 unspecified atom stereocenters. The standard InChI is InChI=1S/C13H15NO2S2/c1-10-8-9-13(17-10)18(15,16)14-11(2)12-6-4-3-5-7-12/h3-9,11,14H,1-2H3. The predicted octanol–water partition coefficient (Wildman–Crippen LogP) is 3.10. The molecule has 0 aliphatic carbocycles. The van der Waals surface area contributed by atoms with Crippen molar-refractivity contribution in [1.29, 1.82) is 0 Å². The van der Waals surface area contributed by atoms with Crippen LogP contribution in [0.3, 0.4) is 0 Å². The monoisotopic (exact) mass is 281 g/mol. The summed E-state index contributed by atoms with van der Waals surface area (Å²) in [5, 5.41) is 0. The first-order valence-corrected chi connectivity index (χ1v) is 7.93. The molecule has 0 fully saturated rings. The van der Waals surface area contributed by atoms with Crippen molar-refractivity contribution < 1.29 is 8.42 Å². The Morgan fingerprint density at radius 2 is 1.78 bits per heavy atom. The van der Waals surface area contributed by atoms with E-state index in [2.05, 4.69) is 4.72 Å². The minimum Gasteiger partial charge on any atom is -0.206 e. The Morgan fingerprint density at radius 3 is 2.33 bits per heavy atom. The third-order valence-corrected chi connectivity index (χ3v) is 5.65. The lowest BCUT2D eigenvalue weighted by molar-refractivity contribution is 0.569. The summed E-state index contributed by atoms with van der Waals surface area (Å²) in [6.45, 7) is 3.73. The fraction of sp³-hybridized carbons (Fsp3) is 0.231. The summed E-state index contributed by atoms with van der Waals surface area (Å²) < 4.78 is 27.3. The van der Waals surface area contributed by atoms with Gasteiger partial charge < -0.3 is 0 Å². The number of rotatable bonds is 4. The van der Waals surface area contributed by atoms with E-state index in [0.29, 0.717) is 4.21 Å². The van der Waals surface area contributed by atoms with Crippen LogP contribution in [0.5, 0.6) is 0 Å². The van der Waals surface area contributed by atoms with Crippen molar-refractivity contribution in [2.24, 2.45) is 0 Å². The summed E-state index contributed by atoms with van der Waals surface area (Å²) in [6, 6.07) is 12.7. The number of thiophene rings is 1. The molecule has 1 aromatic carbocycles. The van der Waals surface area contributed by atoms with Crippen molar-refractivity contribution in [1.82, 2.24) is 4.72 Å². The van der Waals surface area contributed by atoms with Gasteiger partial charge in [0.05, 0.1) is 0 Å². The molecule has 1 atom stereocenters. The zero-order valence-corrected chi connectivity index (χ0v) is 11.9. The largest absolute Gasteiger partial charge is 0.250 e. The molecule has 3 nitrogen and oxygen atoms in total. The number of hydrogen-bond acceptors (Lipinski definition) is 3. The maximum absolute atomic E-state index is 12.1. The highest BCUT2D eigenvalue weighted by molar-refractivity contribution is 7.91. The van der Waals surface area contributed by atoms with E-state index in [9.17, 15) is 8.42 Å². The molecule has 1 aromatic heterocycles. The van der Waals surface area contributed by atoms with Crippen LogP contribution in [0.15, 0.2) is 46.7 Å². The van der Waals surface area contributed by atoms with Gasteiger partial charge in [-0.15, -0.1) is 11.3 Å². The van der Waals surface area contributed by atoms with Crippen LogP contribution in [0.2, 0.25) is 0 Å². The van der Waals surface area contributed by atoms with Crippen LogP contribution in [0.1, 0.15) is 23.4 Å². The minimum atomic E-state index is -3.42. The normalized spacial score (nSPS) is 13.4. The van der Waals surface area contributed by atoms with Crippen LogP contribution >= 0.6 is 11.3 Å². The highest BCUT2D eigenvalue weighted by Gasteiger charge is 2.19. The molecule has 0 spiro atoms. The molecule has 0 aliphatic heterocycles. The lowest BCUT2D eigenvalue weighted by atomic mass is 10.1. The molecule has 2 aromatic rings. The SMILES string of the molecule is Cc1ccc(S(=O)(=O)NC(C)c2ccccc2)s1. The Bertz CT molecular complexity index is 617. The number of nitrogens with one attached hydrogen (secondary N) is 1. The van der Waals surface area contributed by atoms with Crippen LogP contribution in [0.25, 0.3) is 0 Å². The first-order chi connectivity index (χ1) is 8.49. The smallest absolute Gasteiger partial charge is 0.206 e. The van der Waals surface area contributed by atoms with Gasteiger partial charge in [0.2, 0.25) is 0 Å². The van der Waals surface area contributed by atoms with E-state index in [-0.39, 0.29) is 6.04 Å². The Morgan fingerprint density at radius 1 is 1.11 bits per heavy atom. The van der Waals surface area contributed by atoms with Crippen LogP contribution in [0, 0.1) is 6.92 Å². The average Bonchev–Trinajstić information content (AvgIpc) is 2.77. The molecule has 0 saturated heterocycles. The first kappa shape index (κ1) is 13.3. The summed E-state index contributed by atoms with van der Waals surface area (Å²) in [7, 11) is -3.42. The van der Waals surface area contributed by atoms with Gasteiger partial charge in [-0.25, -0.2) is 13.1 Å². The summed E-state index contributed by atoms with van der Waals surface area (Å²) >= 11 is 1.28. The van der Waals surface area contributed by atoms with E-state index >= 15 is 0 Å². The van der Waals surface area contributed by atoms with Gasteiger partial charge in [-0.1, -0.05) is 30.3 Å². The molecule has 1 N–H and O–H groups in total. The fourth-order valence-electron chi connectivity index (χ4n) is 1.66. The second-order valence-electron chi connectivity index (χ2n) is 4.12. The molecule has 1 heterocycles. The Kier molecular flexibility index (Phi) is 3.85. The molecule has 5 heteroatoms. The maximum Gasteiger partial charge on any atom is 0.250 e. The second-order valence-corrected chi connectivity index (χ2v) is 7.35. The van der Waals surface area contributed by atoms with Crippen molar-refractivity contribution in [3.05, 3.63) is 52.9 Å². The van der Waals surface area contributed by atoms with Gasteiger partial charge in [0.15, 0.2) is 0 Å². The molecular weight excluding hydrogens is 266 g/mol. The molecule has 2 rings (SSSR count). The van der Waals surface area contributed by atoms with E-state index in [0.717, 1.165) is 10.4 Å². The third-order valence-electron chi connectivity index (χ3n) is 2.61. The second kappa shape index (κ2) is 5.22. The van der Waals surface area contributed by atoms with Crippen LogP contribution in [-0.2, 0) is 10.0 Å². The Hall–Kier alpha value is -1.17. The minimum absolute atomic E-state index is 0.237. The van der Waals surface area contributed by atoms with Crippen LogP contribution < -0.4 is 4.72 Å². The molecular formula is C13H15NO2S2. The van der Waals surface area contributed by atoms with Gasteiger partial charge >= 0.3 is 0 Å². The molecule has 0 bridgehead atoms. The Balaban J connectivity index is 2.19. The van der Waals surface area contributed by atoms with Crippen molar-refractivity contribution in [3.8, 4) is 0 Å². The van der Waals surface area contributed by atoms with E-state index in [1.54, 1.807) is 6.07 Å². The van der Waals surface area contributed by atoms with E-state index in [1.807, 2.05) is 50.2 Å². The third kappa shape index (κ3) is 2.98. The molecule has 0 saturated carbocycles. The number of sulfonamides is 1. The summed E-state index contributed by atoms with van der Waals surface area (Å²) in [5.74, 6) is 0. The summed E-state index contributed by atoms with van der Waals surface area (Å²) in [6.07, 6.45) is 0. The first-order valence-electron chi connectivity index (χ1n) is 5.63. The highest BCUT2D eigenvalue weighted by atomic mass is 32.2. The molecule has 0 amide bonds. The molecule has 0 radical (unpaired) electrons. The van der Waals surface area contributed by atoms with E-state index in [4.69, 9.17) is 0 Å². The Labute approximate surface area is 112 Å². The zero-order valence-electron chi connectivity index (χ0n) is 10.3. The fourth-order valence-corrected chi connectivity index (χ4v) is 4.19. The van der Waals surface area contributed by atoms with Gasteiger partial charge in [0.1, 0.15) is 4.21 Å². The van der Waals surface area contributed by atoms with E-state index in [1.165, 1.54) is 11.3 Å². The van der Waals surface area contributed by atoms with Gasteiger partial charge in [-0.05, 0) is 31.5 Å². The average molecular weight is 281 g/mol. The number of benzene rings is 1.